The number of nitrogens with zero attached hydrogens (tertiary/aromatic N) is 1. The maximum Gasteiger partial charge on any atom is 0.472 e. The summed E-state index contributed by atoms with van der Waals surface area (Å²) in [4.78, 5) is 37.6. The van der Waals surface area contributed by atoms with Gasteiger partial charge in [0.1, 0.15) is 19.3 Å². The van der Waals surface area contributed by atoms with Gasteiger partial charge in [0, 0.05) is 12.8 Å². The Morgan fingerprint density at radius 3 is 1.34 bits per heavy atom. The predicted molar refractivity (Wildman–Crippen MR) is 305 cm³/mol. The number of carbonyl (C=O) groups excluding carboxylic acids is 2. The standard InChI is InChI=1S/C61H117N2O7P/c1-7-10-13-16-19-22-25-28-30-31-32-33-34-36-39-42-45-48-51-54-61(65)70-59(52-49-46-43-40-37-27-24-21-18-15-12-9-3)58(57-69-71(66,67)68-56-55-63(4,5)6)62-60(64)53-50-47-44-41-38-35-29-26-23-20-17-14-11-8-2/h11,14,20,23,49,52,58-59H,7-10,12-13,15-19,21-22,24-48,50-51,53-57H2,1-6H3,(H-,62,64,66,67)/p+1/b14-11+,23-20+,52-49+. The van der Waals surface area contributed by atoms with E-state index in [1.807, 2.05) is 33.3 Å². The number of hydrogen-bond donors (Lipinski definition) is 2. The number of nitrogens with one attached hydrogen (secondary N) is 1. The number of carbonyl (C=O) groups is 2. The van der Waals surface area contributed by atoms with E-state index in [0.717, 1.165) is 83.5 Å². The lowest BCUT2D eigenvalue weighted by atomic mass is 10.0. The molecule has 0 heterocycles. The fourth-order valence-electron chi connectivity index (χ4n) is 8.92. The summed E-state index contributed by atoms with van der Waals surface area (Å²) in [5.41, 5.74) is 0. The number of ether oxygens (including phenoxy) is 1. The Labute approximate surface area is 440 Å². The van der Waals surface area contributed by atoms with E-state index in [1.165, 1.54) is 173 Å². The van der Waals surface area contributed by atoms with E-state index in [-0.39, 0.29) is 25.1 Å². The van der Waals surface area contributed by atoms with Crippen LogP contribution in [-0.4, -0.2) is 74.3 Å². The van der Waals surface area contributed by atoms with Gasteiger partial charge in [-0.15, -0.1) is 0 Å². The van der Waals surface area contributed by atoms with Crippen LogP contribution in [-0.2, 0) is 27.9 Å². The normalized spacial score (nSPS) is 14.0. The van der Waals surface area contributed by atoms with Crippen molar-refractivity contribution in [1.29, 1.82) is 0 Å². The molecular weight excluding hydrogens is 904 g/mol. The number of allylic oxidation sites excluding steroid dienone is 5. The van der Waals surface area contributed by atoms with Gasteiger partial charge in [0.25, 0.3) is 0 Å². The van der Waals surface area contributed by atoms with Gasteiger partial charge in [0.05, 0.1) is 33.8 Å². The third kappa shape index (κ3) is 52.9. The lowest BCUT2D eigenvalue weighted by molar-refractivity contribution is -0.870. The maximum atomic E-state index is 13.5. The smallest absolute Gasteiger partial charge is 0.456 e. The van der Waals surface area contributed by atoms with E-state index in [1.54, 1.807) is 0 Å². The van der Waals surface area contributed by atoms with Crippen LogP contribution in [0.25, 0.3) is 0 Å². The minimum atomic E-state index is -4.44. The topological polar surface area (TPSA) is 111 Å². The van der Waals surface area contributed by atoms with Gasteiger partial charge in [-0.2, -0.15) is 0 Å². The van der Waals surface area contributed by atoms with Crippen LogP contribution in [0.4, 0.5) is 0 Å². The first-order valence-electron chi connectivity index (χ1n) is 30.3. The number of likely N-dealkylation sites (N-methyl/N-ethyl adjacent to an activating group) is 1. The SMILES string of the molecule is CC/C=C/C/C=C/CCCCCCCCCC(=O)NC(COP(=O)(O)OCC[N+](C)(C)C)C(/C=C/CCCCCCCCCCCC)OC(=O)CCCCCCCCCCCCCCCCCCCCC. The molecule has 0 aromatic rings. The van der Waals surface area contributed by atoms with Crippen LogP contribution in [0.15, 0.2) is 36.5 Å². The van der Waals surface area contributed by atoms with Gasteiger partial charge in [0.15, 0.2) is 0 Å². The minimum absolute atomic E-state index is 0.0406. The summed E-state index contributed by atoms with van der Waals surface area (Å²) in [6.45, 7) is 6.93. The molecule has 3 atom stereocenters. The Hall–Kier alpha value is -1.77. The third-order valence-electron chi connectivity index (χ3n) is 13.6. The van der Waals surface area contributed by atoms with E-state index < -0.39 is 20.0 Å². The number of unbranched alkanes of at least 4 members (excludes halogenated alkanes) is 35. The van der Waals surface area contributed by atoms with E-state index in [4.69, 9.17) is 13.8 Å². The Balaban J connectivity index is 5.24. The number of rotatable bonds is 55. The summed E-state index contributed by atoms with van der Waals surface area (Å²) in [5.74, 6) is -0.503. The minimum Gasteiger partial charge on any atom is -0.456 e. The van der Waals surface area contributed by atoms with Gasteiger partial charge in [-0.25, -0.2) is 4.57 Å². The summed E-state index contributed by atoms with van der Waals surface area (Å²) in [6, 6.07) is -0.847. The lowest BCUT2D eigenvalue weighted by Gasteiger charge is -2.27. The van der Waals surface area contributed by atoms with Crippen LogP contribution in [0.1, 0.15) is 290 Å². The lowest BCUT2D eigenvalue weighted by Crippen LogP contribution is -2.47. The summed E-state index contributed by atoms with van der Waals surface area (Å²) in [7, 11) is 1.50. The molecule has 1 amide bonds. The van der Waals surface area contributed by atoms with E-state index in [9.17, 15) is 19.0 Å². The van der Waals surface area contributed by atoms with Crippen LogP contribution >= 0.6 is 7.82 Å². The number of esters is 1. The van der Waals surface area contributed by atoms with Crippen LogP contribution in [0.3, 0.4) is 0 Å². The van der Waals surface area contributed by atoms with Crippen LogP contribution in [0, 0.1) is 0 Å². The zero-order valence-corrected chi connectivity index (χ0v) is 48.6. The van der Waals surface area contributed by atoms with Gasteiger partial charge >= 0.3 is 13.8 Å². The quantitative estimate of drug-likeness (QED) is 0.0205. The third-order valence-corrected chi connectivity index (χ3v) is 14.6. The molecule has 0 rings (SSSR count). The van der Waals surface area contributed by atoms with Gasteiger partial charge < -0.3 is 19.4 Å². The number of hydrogen-bond acceptors (Lipinski definition) is 6. The molecule has 0 aliphatic carbocycles. The molecule has 3 unspecified atom stereocenters. The van der Waals surface area contributed by atoms with Crippen molar-refractivity contribution in [2.45, 2.75) is 303 Å². The van der Waals surface area contributed by atoms with Gasteiger partial charge in [-0.3, -0.25) is 18.6 Å². The predicted octanol–water partition coefficient (Wildman–Crippen LogP) is 18.3. The fourth-order valence-corrected chi connectivity index (χ4v) is 9.66. The molecule has 0 aliphatic rings. The van der Waals surface area contributed by atoms with Crippen molar-refractivity contribution in [1.82, 2.24) is 5.32 Å². The summed E-state index contributed by atoms with van der Waals surface area (Å²) >= 11 is 0. The van der Waals surface area contributed by atoms with Crippen molar-refractivity contribution < 1.29 is 37.3 Å². The molecular formula is C61H118N2O7P+. The van der Waals surface area contributed by atoms with Crippen molar-refractivity contribution in [2.24, 2.45) is 0 Å². The molecule has 418 valence electrons. The molecule has 10 heteroatoms. The Morgan fingerprint density at radius 1 is 0.507 bits per heavy atom. The molecule has 9 nitrogen and oxygen atoms in total. The van der Waals surface area contributed by atoms with Crippen molar-refractivity contribution in [3.63, 3.8) is 0 Å². The van der Waals surface area contributed by atoms with Crippen LogP contribution in [0.5, 0.6) is 0 Å². The summed E-state index contributed by atoms with van der Waals surface area (Å²) in [5, 5.41) is 3.05. The maximum absolute atomic E-state index is 13.5. The molecule has 0 bridgehead atoms. The Kier molecular flexibility index (Phi) is 50.4. The highest BCUT2D eigenvalue weighted by atomic mass is 31.2. The second-order valence-corrected chi connectivity index (χ2v) is 23.3. The first-order valence-corrected chi connectivity index (χ1v) is 31.8. The van der Waals surface area contributed by atoms with Crippen LogP contribution in [0.2, 0.25) is 0 Å². The zero-order valence-electron chi connectivity index (χ0n) is 47.7. The first-order chi connectivity index (χ1) is 34.4. The average Bonchev–Trinajstić information content (AvgIpc) is 3.33. The van der Waals surface area contributed by atoms with Gasteiger partial charge in [0.2, 0.25) is 5.91 Å². The van der Waals surface area contributed by atoms with E-state index in [2.05, 4.69) is 50.4 Å². The average molecular weight is 1020 g/mol. The van der Waals surface area contributed by atoms with Crippen LogP contribution < -0.4 is 5.32 Å². The van der Waals surface area contributed by atoms with Gasteiger partial charge in [-0.1, -0.05) is 257 Å². The molecule has 0 aliphatic heterocycles. The molecule has 0 fully saturated rings. The highest BCUT2D eigenvalue weighted by Crippen LogP contribution is 2.43. The second kappa shape index (κ2) is 51.7. The molecule has 0 spiro atoms. The molecule has 71 heavy (non-hydrogen) atoms. The molecule has 0 saturated carbocycles. The zero-order chi connectivity index (χ0) is 52.2. The summed E-state index contributed by atoms with van der Waals surface area (Å²) in [6.07, 6.45) is 61.4. The molecule has 2 N–H and O–H groups in total. The largest absolute Gasteiger partial charge is 0.472 e. The highest BCUT2D eigenvalue weighted by Gasteiger charge is 2.30. The molecule has 0 radical (unpaired) electrons. The van der Waals surface area contributed by atoms with Gasteiger partial charge in [-0.05, 0) is 57.4 Å². The van der Waals surface area contributed by atoms with E-state index in [0.29, 0.717) is 23.9 Å². The van der Waals surface area contributed by atoms with E-state index >= 15 is 0 Å². The fraction of sp³-hybridized carbons (Fsp3) is 0.869. The number of phosphoric acid groups is 1. The molecule has 0 aromatic carbocycles. The highest BCUT2D eigenvalue weighted by molar-refractivity contribution is 7.47. The first kappa shape index (κ1) is 69.2. The number of phosphoric ester groups is 1. The Morgan fingerprint density at radius 2 is 0.901 bits per heavy atom. The Bertz CT molecular complexity index is 1310. The van der Waals surface area contributed by atoms with Crippen molar-refractivity contribution in [2.75, 3.05) is 40.9 Å². The molecule has 0 aromatic heterocycles. The van der Waals surface area contributed by atoms with Crippen molar-refractivity contribution >= 4 is 19.7 Å². The number of quaternary nitrogens is 1. The summed E-state index contributed by atoms with van der Waals surface area (Å²) < 4.78 is 30.7. The second-order valence-electron chi connectivity index (χ2n) is 21.9. The van der Waals surface area contributed by atoms with Crippen molar-refractivity contribution in [3.8, 4) is 0 Å². The van der Waals surface area contributed by atoms with Crippen molar-refractivity contribution in [3.05, 3.63) is 36.5 Å². The monoisotopic (exact) mass is 1020 g/mol. The number of amides is 1. The molecule has 0 saturated heterocycles.